The topological polar surface area (TPSA) is 121 Å². The van der Waals surface area contributed by atoms with Crippen molar-refractivity contribution in [2.24, 2.45) is 10.8 Å². The molecule has 0 unspecified atom stereocenters. The summed E-state index contributed by atoms with van der Waals surface area (Å²) in [5.41, 5.74) is 0.181. The van der Waals surface area contributed by atoms with Crippen LogP contribution in [0.1, 0.15) is 70.7 Å². The van der Waals surface area contributed by atoms with Crippen molar-refractivity contribution in [3.8, 4) is 5.75 Å². The van der Waals surface area contributed by atoms with Gasteiger partial charge in [0.1, 0.15) is 17.4 Å². The molecule has 2 fully saturated rings. The summed E-state index contributed by atoms with van der Waals surface area (Å²) in [6.45, 7) is 10.9. The van der Waals surface area contributed by atoms with E-state index in [1.165, 1.54) is 32.1 Å². The van der Waals surface area contributed by atoms with Crippen molar-refractivity contribution >= 4 is 33.1 Å². The highest BCUT2D eigenvalue weighted by atomic mass is 32.2. The Morgan fingerprint density at radius 2 is 1.74 bits per heavy atom. The number of pyridine rings is 1. The van der Waals surface area contributed by atoms with Gasteiger partial charge in [0.05, 0.1) is 35.5 Å². The number of amides is 1. The lowest BCUT2D eigenvalue weighted by Crippen LogP contribution is -2.38. The summed E-state index contributed by atoms with van der Waals surface area (Å²) < 4.78 is 31.6. The van der Waals surface area contributed by atoms with Crippen LogP contribution in [0.25, 0.3) is 0 Å². The number of carbonyl (C=O) groups excluding carboxylic acids is 1. The summed E-state index contributed by atoms with van der Waals surface area (Å²) in [5, 5.41) is 15.8. The Balaban J connectivity index is 1.65. The molecular weight excluding hydrogens is 516 g/mol. The molecule has 1 aromatic carbocycles. The molecular formula is C29H42N4O5S. The van der Waals surface area contributed by atoms with Gasteiger partial charge in [0.2, 0.25) is 0 Å². The Bertz CT molecular complexity index is 1320. The maximum Gasteiger partial charge on any atom is 0.259 e. The SMILES string of the molecule is COc1cc(NC(=O)c2ccc(NC(C)(C)CO)nc2N2CCC3(CC2)CC3)cc(S(=O)(=O)CC(C)(C)C)c1. The van der Waals surface area contributed by atoms with Gasteiger partial charge in [-0.1, -0.05) is 20.8 Å². The van der Waals surface area contributed by atoms with Crippen LogP contribution in [-0.4, -0.2) is 62.5 Å². The number of hydrogen-bond acceptors (Lipinski definition) is 8. The molecule has 9 nitrogen and oxygen atoms in total. The van der Waals surface area contributed by atoms with Crippen molar-refractivity contribution < 1.29 is 23.1 Å². The van der Waals surface area contributed by atoms with Crippen LogP contribution in [0.2, 0.25) is 0 Å². The lowest BCUT2D eigenvalue weighted by molar-refractivity contribution is 0.102. The Morgan fingerprint density at radius 3 is 2.31 bits per heavy atom. The number of piperidine rings is 1. The predicted octanol–water partition coefficient (Wildman–Crippen LogP) is 4.73. The summed E-state index contributed by atoms with van der Waals surface area (Å²) >= 11 is 0. The first-order chi connectivity index (χ1) is 18.1. The Labute approximate surface area is 232 Å². The van der Waals surface area contributed by atoms with Gasteiger partial charge in [-0.15, -0.1) is 0 Å². The second-order valence-electron chi connectivity index (χ2n) is 12.9. The molecule has 2 aliphatic rings. The molecule has 1 saturated carbocycles. The van der Waals surface area contributed by atoms with Crippen molar-refractivity contribution in [1.29, 1.82) is 0 Å². The van der Waals surface area contributed by atoms with E-state index in [0.29, 0.717) is 34.1 Å². The number of aliphatic hydroxyl groups is 1. The van der Waals surface area contributed by atoms with Crippen molar-refractivity contribution in [2.75, 3.05) is 48.1 Å². The molecule has 10 heteroatoms. The van der Waals surface area contributed by atoms with E-state index in [1.54, 1.807) is 18.2 Å². The lowest BCUT2D eigenvalue weighted by Gasteiger charge is -2.34. The molecule has 0 bridgehead atoms. The quantitative estimate of drug-likeness (QED) is 0.404. The molecule has 1 spiro atoms. The highest BCUT2D eigenvalue weighted by Gasteiger charge is 2.45. The minimum Gasteiger partial charge on any atom is -0.497 e. The van der Waals surface area contributed by atoms with Crippen LogP contribution < -0.4 is 20.3 Å². The number of nitrogens with one attached hydrogen (secondary N) is 2. The zero-order chi connectivity index (χ0) is 28.6. The molecule has 1 saturated heterocycles. The Hall–Kier alpha value is -2.85. The zero-order valence-electron chi connectivity index (χ0n) is 23.9. The number of benzene rings is 1. The molecule has 4 rings (SSSR count). The summed E-state index contributed by atoms with van der Waals surface area (Å²) in [5.74, 6) is 1.07. The Kier molecular flexibility index (Phi) is 7.93. The third-order valence-corrected chi connectivity index (χ3v) is 9.62. The molecule has 0 radical (unpaired) electrons. The number of aliphatic hydroxyl groups excluding tert-OH is 1. The molecule has 1 aromatic heterocycles. The fraction of sp³-hybridized carbons (Fsp3) is 0.586. The third kappa shape index (κ3) is 7.22. The second-order valence-corrected chi connectivity index (χ2v) is 14.9. The minimum atomic E-state index is -3.61. The van der Waals surface area contributed by atoms with Gasteiger partial charge < -0.3 is 25.4 Å². The number of hydrogen-bond donors (Lipinski definition) is 3. The number of nitrogens with zero attached hydrogens (tertiary/aromatic N) is 2. The van der Waals surface area contributed by atoms with E-state index in [1.807, 2.05) is 34.6 Å². The van der Waals surface area contributed by atoms with E-state index in [-0.39, 0.29) is 23.2 Å². The highest BCUT2D eigenvalue weighted by Crippen LogP contribution is 2.54. The number of sulfone groups is 1. The van der Waals surface area contributed by atoms with Crippen LogP contribution in [0, 0.1) is 10.8 Å². The number of methoxy groups -OCH3 is 1. The predicted molar refractivity (Wildman–Crippen MR) is 155 cm³/mol. The highest BCUT2D eigenvalue weighted by molar-refractivity contribution is 7.91. The maximum absolute atomic E-state index is 13.6. The minimum absolute atomic E-state index is 0.0380. The van der Waals surface area contributed by atoms with Crippen LogP contribution in [0.3, 0.4) is 0 Å². The van der Waals surface area contributed by atoms with Gasteiger partial charge in [-0.05, 0) is 74.6 Å². The van der Waals surface area contributed by atoms with Crippen LogP contribution in [0.5, 0.6) is 5.75 Å². The first kappa shape index (κ1) is 29.1. The van der Waals surface area contributed by atoms with Crippen molar-refractivity contribution in [3.05, 3.63) is 35.9 Å². The van der Waals surface area contributed by atoms with E-state index in [4.69, 9.17) is 9.72 Å². The standard InChI is InChI=1S/C29H42N4O5S/c1-27(2,3)19-39(36,37)22-16-20(15-21(17-22)38-6)30-26(35)23-7-8-24(32-28(4,5)18-34)31-25(23)33-13-11-29(9-10-29)12-14-33/h7-8,15-17,34H,9-14,18-19H2,1-6H3,(H,30,35)(H,31,32). The van der Waals surface area contributed by atoms with Gasteiger partial charge in [-0.25, -0.2) is 13.4 Å². The summed E-state index contributed by atoms with van der Waals surface area (Å²) in [7, 11) is -2.15. The van der Waals surface area contributed by atoms with Crippen molar-refractivity contribution in [2.45, 2.75) is 70.7 Å². The van der Waals surface area contributed by atoms with Crippen LogP contribution >= 0.6 is 0 Å². The summed E-state index contributed by atoms with van der Waals surface area (Å²) in [6, 6.07) is 8.03. The van der Waals surface area contributed by atoms with Crippen LogP contribution in [-0.2, 0) is 9.84 Å². The molecule has 2 heterocycles. The number of rotatable bonds is 9. The molecule has 39 heavy (non-hydrogen) atoms. The van der Waals surface area contributed by atoms with Gasteiger partial charge in [-0.3, -0.25) is 4.79 Å². The molecule has 1 aliphatic carbocycles. The molecule has 2 aromatic rings. The number of aromatic nitrogens is 1. The molecule has 3 N–H and O–H groups in total. The fourth-order valence-electron chi connectivity index (χ4n) is 4.99. The average molecular weight is 559 g/mol. The summed E-state index contributed by atoms with van der Waals surface area (Å²) in [4.78, 5) is 20.7. The van der Waals surface area contributed by atoms with Crippen molar-refractivity contribution in [1.82, 2.24) is 4.98 Å². The first-order valence-corrected chi connectivity index (χ1v) is 15.2. The normalized spacial score (nSPS) is 17.2. The van der Waals surface area contributed by atoms with E-state index < -0.39 is 20.8 Å². The Morgan fingerprint density at radius 1 is 1.08 bits per heavy atom. The van der Waals surface area contributed by atoms with E-state index in [9.17, 15) is 18.3 Å². The number of ether oxygens (including phenoxy) is 1. The molecule has 1 amide bonds. The summed E-state index contributed by atoms with van der Waals surface area (Å²) in [6.07, 6.45) is 4.68. The van der Waals surface area contributed by atoms with Gasteiger partial charge in [-0.2, -0.15) is 0 Å². The van der Waals surface area contributed by atoms with Gasteiger partial charge >= 0.3 is 0 Å². The third-order valence-electron chi connectivity index (χ3n) is 7.42. The fourth-order valence-corrected chi connectivity index (χ4v) is 6.89. The van der Waals surface area contributed by atoms with E-state index >= 15 is 0 Å². The van der Waals surface area contributed by atoms with Crippen molar-refractivity contribution in [3.63, 3.8) is 0 Å². The lowest BCUT2D eigenvalue weighted by atomic mass is 9.93. The van der Waals surface area contributed by atoms with E-state index in [2.05, 4.69) is 15.5 Å². The maximum atomic E-state index is 13.6. The first-order valence-electron chi connectivity index (χ1n) is 13.5. The molecule has 214 valence electrons. The largest absolute Gasteiger partial charge is 0.497 e. The monoisotopic (exact) mass is 558 g/mol. The van der Waals surface area contributed by atoms with Gasteiger partial charge in [0.25, 0.3) is 5.91 Å². The number of carbonyl (C=O) groups is 1. The molecule has 1 aliphatic heterocycles. The van der Waals surface area contributed by atoms with Crippen LogP contribution in [0.15, 0.2) is 35.2 Å². The van der Waals surface area contributed by atoms with Gasteiger partial charge in [0.15, 0.2) is 9.84 Å². The number of anilines is 3. The van der Waals surface area contributed by atoms with Crippen LogP contribution in [0.4, 0.5) is 17.3 Å². The molecule has 0 atom stereocenters. The van der Waals surface area contributed by atoms with E-state index in [0.717, 1.165) is 25.9 Å². The van der Waals surface area contributed by atoms with Gasteiger partial charge in [0, 0.05) is 24.8 Å². The average Bonchev–Trinajstić information content (AvgIpc) is 3.61. The zero-order valence-corrected chi connectivity index (χ0v) is 24.7. The second kappa shape index (κ2) is 10.6. The smallest absolute Gasteiger partial charge is 0.259 e.